The van der Waals surface area contributed by atoms with Crippen LogP contribution in [0.4, 0.5) is 9.80 Å². The second-order valence-corrected chi connectivity index (χ2v) is 8.58. The van der Waals surface area contributed by atoms with Crippen molar-refractivity contribution in [1.82, 2.24) is 10.2 Å². The molecule has 1 saturated heterocycles. The van der Waals surface area contributed by atoms with Gasteiger partial charge in [0.1, 0.15) is 11.1 Å². The van der Waals surface area contributed by atoms with E-state index in [1.54, 1.807) is 0 Å². The average molecular weight is 427 g/mol. The molecule has 8 nitrogen and oxygen atoms in total. The number of carbonyl (C=O) groups excluding carboxylic acids is 4. The van der Waals surface area contributed by atoms with Crippen molar-refractivity contribution in [3.05, 3.63) is 52.4 Å². The Bertz CT molecular complexity index is 1020. The summed E-state index contributed by atoms with van der Waals surface area (Å²) >= 11 is 1.44. The van der Waals surface area contributed by atoms with Gasteiger partial charge in [-0.1, -0.05) is 13.8 Å². The predicted molar refractivity (Wildman–Crippen MR) is 111 cm³/mol. The summed E-state index contributed by atoms with van der Waals surface area (Å²) in [6, 6.07) is 8.17. The molecule has 0 radical (unpaired) electrons. The zero-order chi connectivity index (χ0) is 21.4. The van der Waals surface area contributed by atoms with E-state index in [9.17, 15) is 19.2 Å². The lowest BCUT2D eigenvalue weighted by atomic mass is 10.1. The number of ether oxygens (including phenoxy) is 1. The lowest BCUT2D eigenvalue weighted by Crippen LogP contribution is -2.34. The fraction of sp³-hybridized carbons (Fsp3) is 0.333. The molecule has 9 heteroatoms. The Morgan fingerprint density at radius 3 is 2.67 bits per heavy atom. The number of thiophene rings is 1. The Balaban J connectivity index is 1.40. The Morgan fingerprint density at radius 2 is 1.97 bits per heavy atom. The van der Waals surface area contributed by atoms with Crippen LogP contribution < -0.4 is 10.2 Å². The number of amides is 4. The predicted octanol–water partition coefficient (Wildman–Crippen LogP) is 2.76. The van der Waals surface area contributed by atoms with Crippen molar-refractivity contribution in [3.8, 4) is 0 Å². The van der Waals surface area contributed by atoms with E-state index in [0.717, 1.165) is 5.00 Å². The van der Waals surface area contributed by atoms with Gasteiger partial charge in [0.2, 0.25) is 0 Å². The van der Waals surface area contributed by atoms with Crippen molar-refractivity contribution in [2.75, 3.05) is 24.5 Å². The van der Waals surface area contributed by atoms with Crippen molar-refractivity contribution in [1.29, 1.82) is 0 Å². The van der Waals surface area contributed by atoms with Gasteiger partial charge in [0, 0.05) is 12.1 Å². The highest BCUT2D eigenvalue weighted by Crippen LogP contribution is 2.27. The molecule has 4 amide bonds. The van der Waals surface area contributed by atoms with E-state index in [-0.39, 0.29) is 35.4 Å². The Morgan fingerprint density at radius 1 is 1.20 bits per heavy atom. The third-order valence-electron chi connectivity index (χ3n) is 4.92. The van der Waals surface area contributed by atoms with E-state index in [2.05, 4.69) is 5.32 Å². The maximum atomic E-state index is 12.6. The van der Waals surface area contributed by atoms with Crippen LogP contribution in [0.5, 0.6) is 0 Å². The van der Waals surface area contributed by atoms with Crippen LogP contribution >= 0.6 is 11.3 Å². The molecule has 156 valence electrons. The highest BCUT2D eigenvalue weighted by Gasteiger charge is 2.36. The normalized spacial score (nSPS) is 18.2. The van der Waals surface area contributed by atoms with Crippen molar-refractivity contribution in [3.63, 3.8) is 0 Å². The van der Waals surface area contributed by atoms with E-state index >= 15 is 0 Å². The third kappa shape index (κ3) is 3.68. The number of hydrogen-bond acceptors (Lipinski definition) is 6. The molecule has 1 N–H and O–H groups in total. The number of cyclic esters (lactones) is 1. The van der Waals surface area contributed by atoms with Gasteiger partial charge in [0.05, 0.1) is 24.2 Å². The summed E-state index contributed by atoms with van der Waals surface area (Å²) < 4.78 is 5.31. The molecule has 0 saturated carbocycles. The van der Waals surface area contributed by atoms with E-state index in [1.165, 1.54) is 39.3 Å². The van der Waals surface area contributed by atoms with Crippen LogP contribution in [0.15, 0.2) is 35.7 Å². The van der Waals surface area contributed by atoms with Crippen molar-refractivity contribution < 1.29 is 23.9 Å². The van der Waals surface area contributed by atoms with Gasteiger partial charge >= 0.3 is 6.09 Å². The first kappa shape index (κ1) is 20.1. The molecular weight excluding hydrogens is 406 g/mol. The second-order valence-electron chi connectivity index (χ2n) is 7.65. The van der Waals surface area contributed by atoms with E-state index in [1.807, 2.05) is 31.4 Å². The minimum absolute atomic E-state index is 0.149. The second kappa shape index (κ2) is 7.91. The molecular formula is C21H21N3O5S. The zero-order valence-corrected chi connectivity index (χ0v) is 17.4. The largest absolute Gasteiger partial charge is 0.442 e. The number of anilines is 1. The first-order valence-electron chi connectivity index (χ1n) is 9.65. The van der Waals surface area contributed by atoms with Crippen LogP contribution in [-0.4, -0.2) is 54.5 Å². The van der Waals surface area contributed by atoms with Gasteiger partial charge in [-0.25, -0.2) is 4.79 Å². The van der Waals surface area contributed by atoms with Crippen LogP contribution in [-0.2, 0) is 4.74 Å². The number of nitrogens with one attached hydrogen (secondary N) is 1. The van der Waals surface area contributed by atoms with Gasteiger partial charge in [-0.05, 0) is 41.6 Å². The molecule has 0 aliphatic carbocycles. The van der Waals surface area contributed by atoms with E-state index in [4.69, 9.17) is 4.74 Å². The molecule has 0 spiro atoms. The van der Waals surface area contributed by atoms with Crippen molar-refractivity contribution in [2.24, 2.45) is 5.92 Å². The Labute approximate surface area is 177 Å². The van der Waals surface area contributed by atoms with Gasteiger partial charge in [-0.15, -0.1) is 11.3 Å². The standard InChI is InChI=1S/C21H21N3O5S/c1-12(2)10-24-19(26)15-6-5-13(8-16(15)20(24)27)18(25)22-9-14-11-23(21(28)29-14)17-4-3-7-30-17/h3-8,12,14H,9-11H2,1-2H3,(H,22,25). The summed E-state index contributed by atoms with van der Waals surface area (Å²) in [5.74, 6) is -0.958. The minimum atomic E-state index is -0.470. The Kier molecular flexibility index (Phi) is 5.29. The maximum Gasteiger partial charge on any atom is 0.415 e. The summed E-state index contributed by atoms with van der Waals surface area (Å²) in [6.07, 6.45) is -0.911. The van der Waals surface area contributed by atoms with E-state index in [0.29, 0.717) is 18.7 Å². The van der Waals surface area contributed by atoms with E-state index < -0.39 is 18.1 Å². The molecule has 3 heterocycles. The number of nitrogens with zero attached hydrogens (tertiary/aromatic N) is 2. The monoisotopic (exact) mass is 427 g/mol. The minimum Gasteiger partial charge on any atom is -0.442 e. The number of carbonyl (C=O) groups is 4. The smallest absolute Gasteiger partial charge is 0.415 e. The summed E-state index contributed by atoms with van der Waals surface area (Å²) in [7, 11) is 0. The summed E-state index contributed by atoms with van der Waals surface area (Å²) in [6.45, 7) is 4.69. The van der Waals surface area contributed by atoms with Gasteiger partial charge in [0.15, 0.2) is 0 Å². The van der Waals surface area contributed by atoms with Crippen LogP contribution in [0, 0.1) is 5.92 Å². The molecule has 1 unspecified atom stereocenters. The van der Waals surface area contributed by atoms with Crippen LogP contribution in [0.3, 0.4) is 0 Å². The van der Waals surface area contributed by atoms with Gasteiger partial charge in [-0.2, -0.15) is 0 Å². The Hall–Kier alpha value is -3.20. The quantitative estimate of drug-likeness (QED) is 0.715. The van der Waals surface area contributed by atoms with Crippen molar-refractivity contribution in [2.45, 2.75) is 20.0 Å². The highest BCUT2D eigenvalue weighted by atomic mass is 32.1. The molecule has 1 fully saturated rings. The number of fused-ring (bicyclic) bond motifs is 1. The van der Waals surface area contributed by atoms with Gasteiger partial charge < -0.3 is 10.1 Å². The number of imide groups is 1. The first-order chi connectivity index (χ1) is 14.3. The molecule has 1 aromatic carbocycles. The first-order valence-corrected chi connectivity index (χ1v) is 10.5. The summed E-state index contributed by atoms with van der Waals surface area (Å²) in [5.41, 5.74) is 0.832. The average Bonchev–Trinajstić information content (AvgIpc) is 3.42. The van der Waals surface area contributed by atoms with Gasteiger partial charge in [-0.3, -0.25) is 24.2 Å². The van der Waals surface area contributed by atoms with Crippen LogP contribution in [0.1, 0.15) is 44.9 Å². The molecule has 2 aliphatic heterocycles. The van der Waals surface area contributed by atoms with Crippen molar-refractivity contribution >= 4 is 40.2 Å². The van der Waals surface area contributed by atoms with Gasteiger partial charge in [0.25, 0.3) is 17.7 Å². The molecule has 30 heavy (non-hydrogen) atoms. The lowest BCUT2D eigenvalue weighted by molar-refractivity contribution is 0.0636. The SMILES string of the molecule is CC(C)CN1C(=O)c2ccc(C(=O)NCC3CN(c4cccs4)C(=O)O3)cc2C1=O. The molecule has 2 aliphatic rings. The lowest BCUT2D eigenvalue weighted by Gasteiger charge is -2.15. The number of benzene rings is 1. The van der Waals surface area contributed by atoms with Crippen LogP contribution in [0.2, 0.25) is 0 Å². The highest BCUT2D eigenvalue weighted by molar-refractivity contribution is 7.14. The zero-order valence-electron chi connectivity index (χ0n) is 16.6. The maximum absolute atomic E-state index is 12.6. The fourth-order valence-corrected chi connectivity index (χ4v) is 4.23. The molecule has 2 aromatic rings. The fourth-order valence-electron chi connectivity index (χ4n) is 3.50. The number of rotatable bonds is 6. The number of hydrogen-bond donors (Lipinski definition) is 1. The molecule has 4 rings (SSSR count). The molecule has 1 aromatic heterocycles. The topological polar surface area (TPSA) is 96.0 Å². The van der Waals surface area contributed by atoms with Crippen LogP contribution in [0.25, 0.3) is 0 Å². The third-order valence-corrected chi connectivity index (χ3v) is 5.81. The molecule has 0 bridgehead atoms. The molecule has 1 atom stereocenters. The summed E-state index contributed by atoms with van der Waals surface area (Å²) in [5, 5.41) is 5.41. The summed E-state index contributed by atoms with van der Waals surface area (Å²) in [4.78, 5) is 52.4.